The van der Waals surface area contributed by atoms with E-state index in [4.69, 9.17) is 11.1 Å². The van der Waals surface area contributed by atoms with E-state index in [0.29, 0.717) is 11.4 Å². The van der Waals surface area contributed by atoms with Gasteiger partial charge in [0.2, 0.25) is 0 Å². The van der Waals surface area contributed by atoms with E-state index in [1.165, 1.54) is 5.56 Å². The van der Waals surface area contributed by atoms with Gasteiger partial charge in [-0.3, -0.25) is 0 Å². The van der Waals surface area contributed by atoms with E-state index in [2.05, 4.69) is 45.6 Å². The fraction of sp³-hybridized carbons (Fsp3) is 0.391. The lowest BCUT2D eigenvalue weighted by Crippen LogP contribution is -2.56. The molecule has 2 heterocycles. The van der Waals surface area contributed by atoms with E-state index in [1.807, 2.05) is 12.3 Å². The molecule has 5 heteroatoms. The van der Waals surface area contributed by atoms with E-state index < -0.39 is 0 Å². The molecule has 6 rings (SSSR count). The SMILES string of the molecule is N=C(c1c(N)cnc2[nH]ccc12)C12CCC(NCc3ccccc3)(CC1)CC2. The molecular weight excluding hydrogens is 346 g/mol. The molecule has 0 atom stereocenters. The van der Waals surface area contributed by atoms with Crippen molar-refractivity contribution in [3.63, 3.8) is 0 Å². The molecule has 0 spiro atoms. The summed E-state index contributed by atoms with van der Waals surface area (Å²) in [5.41, 5.74) is 10.8. The molecule has 5 nitrogen and oxygen atoms in total. The van der Waals surface area contributed by atoms with E-state index in [0.717, 1.165) is 61.7 Å². The van der Waals surface area contributed by atoms with E-state index in [9.17, 15) is 0 Å². The monoisotopic (exact) mass is 373 g/mol. The smallest absolute Gasteiger partial charge is 0.138 e. The van der Waals surface area contributed by atoms with Crippen LogP contribution in [0, 0.1) is 10.8 Å². The average Bonchev–Trinajstić information content (AvgIpc) is 3.23. The first-order valence-corrected chi connectivity index (χ1v) is 10.2. The fourth-order valence-corrected chi connectivity index (χ4v) is 5.28. The molecule has 3 aromatic rings. The molecule has 2 bridgehead atoms. The number of pyridine rings is 1. The fourth-order valence-electron chi connectivity index (χ4n) is 5.28. The van der Waals surface area contributed by atoms with Crippen molar-refractivity contribution >= 4 is 22.4 Å². The van der Waals surface area contributed by atoms with Crippen molar-refractivity contribution in [2.24, 2.45) is 5.41 Å². The average molecular weight is 374 g/mol. The molecule has 2 aromatic heterocycles. The summed E-state index contributed by atoms with van der Waals surface area (Å²) >= 11 is 0. The summed E-state index contributed by atoms with van der Waals surface area (Å²) in [7, 11) is 0. The first kappa shape index (κ1) is 17.4. The van der Waals surface area contributed by atoms with Crippen molar-refractivity contribution in [2.75, 3.05) is 5.73 Å². The van der Waals surface area contributed by atoms with Crippen molar-refractivity contribution in [1.29, 1.82) is 5.41 Å². The van der Waals surface area contributed by atoms with Crippen LogP contribution in [0.25, 0.3) is 11.0 Å². The van der Waals surface area contributed by atoms with Crippen LogP contribution < -0.4 is 11.1 Å². The third-order valence-electron chi connectivity index (χ3n) is 7.15. The predicted octanol–water partition coefficient (Wildman–Crippen LogP) is 4.40. The number of anilines is 1. The molecule has 3 aliphatic rings. The zero-order valence-electron chi connectivity index (χ0n) is 16.1. The molecule has 1 aromatic carbocycles. The minimum Gasteiger partial charge on any atom is -0.397 e. The second-order valence-corrected chi connectivity index (χ2v) is 8.60. The normalized spacial score (nSPS) is 26.6. The van der Waals surface area contributed by atoms with Gasteiger partial charge in [0.05, 0.1) is 11.9 Å². The van der Waals surface area contributed by atoms with Crippen LogP contribution >= 0.6 is 0 Å². The Bertz CT molecular complexity index is 995. The van der Waals surface area contributed by atoms with Crippen LogP contribution in [-0.4, -0.2) is 21.2 Å². The second-order valence-electron chi connectivity index (χ2n) is 8.60. The van der Waals surface area contributed by atoms with E-state index >= 15 is 0 Å². The van der Waals surface area contributed by atoms with Crippen LogP contribution in [0.15, 0.2) is 48.8 Å². The maximum absolute atomic E-state index is 9.12. The van der Waals surface area contributed by atoms with Crippen molar-refractivity contribution in [1.82, 2.24) is 15.3 Å². The second kappa shape index (κ2) is 6.45. The number of hydrogen-bond donors (Lipinski definition) is 4. The third kappa shape index (κ3) is 2.73. The topological polar surface area (TPSA) is 90.6 Å². The maximum atomic E-state index is 9.12. The lowest BCUT2D eigenvalue weighted by atomic mass is 9.54. The van der Waals surface area contributed by atoms with Gasteiger partial charge in [-0.1, -0.05) is 30.3 Å². The summed E-state index contributed by atoms with van der Waals surface area (Å²) in [6, 6.07) is 12.6. The van der Waals surface area contributed by atoms with Gasteiger partial charge in [0, 0.05) is 40.4 Å². The Morgan fingerprint density at radius 2 is 1.79 bits per heavy atom. The number of aromatic nitrogens is 2. The number of benzene rings is 1. The number of nitrogens with zero attached hydrogens (tertiary/aromatic N) is 1. The van der Waals surface area contributed by atoms with Gasteiger partial charge in [-0.05, 0) is 50.2 Å². The summed E-state index contributed by atoms with van der Waals surface area (Å²) in [5.74, 6) is 0. The van der Waals surface area contributed by atoms with Crippen LogP contribution in [0.5, 0.6) is 0 Å². The molecule has 0 unspecified atom stereocenters. The minimum atomic E-state index is -0.0458. The largest absolute Gasteiger partial charge is 0.397 e. The molecule has 0 saturated heterocycles. The molecule has 28 heavy (non-hydrogen) atoms. The number of nitrogens with two attached hydrogens (primary N) is 1. The zero-order chi connectivity index (χ0) is 19.2. The van der Waals surface area contributed by atoms with Crippen molar-refractivity contribution in [3.8, 4) is 0 Å². The summed E-state index contributed by atoms with van der Waals surface area (Å²) in [6.45, 7) is 0.923. The van der Waals surface area contributed by atoms with Gasteiger partial charge in [-0.2, -0.15) is 0 Å². The summed E-state index contributed by atoms with van der Waals surface area (Å²) in [5, 5.41) is 14.0. The van der Waals surface area contributed by atoms with E-state index in [1.54, 1.807) is 6.20 Å². The Morgan fingerprint density at radius 1 is 1.07 bits per heavy atom. The lowest BCUT2D eigenvalue weighted by Gasteiger charge is -2.54. The van der Waals surface area contributed by atoms with Crippen LogP contribution in [-0.2, 0) is 6.54 Å². The Balaban J connectivity index is 1.36. The molecule has 0 radical (unpaired) electrons. The van der Waals surface area contributed by atoms with Gasteiger partial charge < -0.3 is 21.4 Å². The highest BCUT2D eigenvalue weighted by Gasteiger charge is 2.51. The van der Waals surface area contributed by atoms with Gasteiger partial charge in [-0.25, -0.2) is 4.98 Å². The quantitative estimate of drug-likeness (QED) is 0.500. The first-order chi connectivity index (χ1) is 13.6. The molecule has 0 amide bonds. The number of fused-ring (bicyclic) bond motifs is 4. The standard InChI is InChI=1S/C23H27N5/c24-18-15-27-21-17(6-13-26-21)19(18)20(25)22-7-10-23(11-8-22,12-9-22)28-14-16-4-2-1-3-5-16/h1-6,13,15,25,28H,7-12,14,24H2,(H,26,27). The van der Waals surface area contributed by atoms with Crippen LogP contribution in [0.1, 0.15) is 49.7 Å². The van der Waals surface area contributed by atoms with Gasteiger partial charge in [0.15, 0.2) is 0 Å². The number of rotatable bonds is 5. The highest BCUT2D eigenvalue weighted by atomic mass is 15.0. The predicted molar refractivity (Wildman–Crippen MR) is 113 cm³/mol. The number of H-pyrrole nitrogens is 1. The molecule has 3 saturated carbocycles. The van der Waals surface area contributed by atoms with Crippen molar-refractivity contribution in [2.45, 2.75) is 50.6 Å². The highest BCUT2D eigenvalue weighted by molar-refractivity contribution is 6.14. The van der Waals surface area contributed by atoms with Gasteiger partial charge in [0.25, 0.3) is 0 Å². The lowest BCUT2D eigenvalue weighted by molar-refractivity contribution is 0.0690. The number of nitrogens with one attached hydrogen (secondary N) is 3. The first-order valence-electron chi connectivity index (χ1n) is 10.2. The Kier molecular flexibility index (Phi) is 4.02. The van der Waals surface area contributed by atoms with Crippen LogP contribution in [0.3, 0.4) is 0 Å². The summed E-state index contributed by atoms with van der Waals surface area (Å²) in [4.78, 5) is 7.51. The molecular formula is C23H27N5. The van der Waals surface area contributed by atoms with Crippen molar-refractivity contribution < 1.29 is 0 Å². The van der Waals surface area contributed by atoms with Gasteiger partial charge in [0.1, 0.15) is 5.65 Å². The Hall–Kier alpha value is -2.66. The van der Waals surface area contributed by atoms with E-state index in [-0.39, 0.29) is 11.0 Å². The molecule has 3 fully saturated rings. The summed E-state index contributed by atoms with van der Waals surface area (Å²) in [6.07, 6.45) is 10.1. The zero-order valence-corrected chi connectivity index (χ0v) is 16.1. The molecule has 3 aliphatic carbocycles. The van der Waals surface area contributed by atoms with Crippen molar-refractivity contribution in [3.05, 3.63) is 59.9 Å². The number of hydrogen-bond acceptors (Lipinski definition) is 4. The van der Waals surface area contributed by atoms with Gasteiger partial charge >= 0.3 is 0 Å². The minimum absolute atomic E-state index is 0.0458. The Morgan fingerprint density at radius 3 is 2.50 bits per heavy atom. The van der Waals surface area contributed by atoms with Crippen LogP contribution in [0.2, 0.25) is 0 Å². The van der Waals surface area contributed by atoms with Gasteiger partial charge in [-0.15, -0.1) is 0 Å². The van der Waals surface area contributed by atoms with Crippen LogP contribution in [0.4, 0.5) is 5.69 Å². The molecule has 0 aliphatic heterocycles. The Labute approximate surface area is 165 Å². The third-order valence-corrected chi connectivity index (χ3v) is 7.15. The maximum Gasteiger partial charge on any atom is 0.138 e. The summed E-state index contributed by atoms with van der Waals surface area (Å²) < 4.78 is 0. The number of aromatic amines is 1. The molecule has 5 N–H and O–H groups in total. The molecule has 144 valence electrons. The highest BCUT2D eigenvalue weighted by Crippen LogP contribution is 2.54. The number of nitrogen functional groups attached to an aromatic ring is 1.